The zero-order valence-corrected chi connectivity index (χ0v) is 27.5. The van der Waals surface area contributed by atoms with Crippen LogP contribution in [0.2, 0.25) is 0 Å². The molecule has 2 aromatic carbocycles. The van der Waals surface area contributed by atoms with Crippen LogP contribution >= 0.6 is 0 Å². The summed E-state index contributed by atoms with van der Waals surface area (Å²) >= 11 is 0. The van der Waals surface area contributed by atoms with Gasteiger partial charge in [-0.2, -0.15) is 0 Å². The van der Waals surface area contributed by atoms with Crippen molar-refractivity contribution in [2.24, 2.45) is 0 Å². The molecule has 3 aliphatic rings. The predicted octanol–water partition coefficient (Wildman–Crippen LogP) is -4.03. The van der Waals surface area contributed by atoms with Crippen molar-refractivity contribution in [3.63, 3.8) is 0 Å². The highest BCUT2D eigenvalue weighted by molar-refractivity contribution is 5.88. The van der Waals surface area contributed by atoms with Crippen molar-refractivity contribution < 1.29 is 99.2 Å². The van der Waals surface area contributed by atoms with Gasteiger partial charge < -0.3 is 94.8 Å². The van der Waals surface area contributed by atoms with Crippen molar-refractivity contribution in [1.29, 1.82) is 0 Å². The van der Waals surface area contributed by atoms with Crippen LogP contribution < -0.4 is 9.47 Å². The summed E-state index contributed by atoms with van der Waals surface area (Å²) in [6, 6.07) is 9.13. The average Bonchev–Trinajstić information content (AvgIpc) is 3.15. The predicted molar refractivity (Wildman–Crippen MR) is 171 cm³/mol. The second-order valence-corrected chi connectivity index (χ2v) is 12.8. The van der Waals surface area contributed by atoms with E-state index in [0.717, 1.165) is 6.07 Å². The van der Waals surface area contributed by atoms with Gasteiger partial charge in [-0.15, -0.1) is 0 Å². The van der Waals surface area contributed by atoms with Gasteiger partial charge in [-0.1, -0.05) is 0 Å². The molecule has 0 spiro atoms. The van der Waals surface area contributed by atoms with Crippen LogP contribution in [0.1, 0.15) is 0 Å². The fraction of sp³-hybridized carbons (Fsp3) is 0.545. The Morgan fingerprint density at radius 1 is 0.566 bits per heavy atom. The standard InChI is InChI=1S/C33H40O20/c34-8-18-21(39)24(42)27(45)31(50-18)47-13-5-15(38)14-7-17(29(48-16(14)6-13)11-1-3-12(37)4-2-11)49-33-30(26(44)23(41)20(10-36)52-33)53-32-28(46)25(43)22(40)19(9-35)51-32/h1-7,18-28,30-36,39-46H,8-10H2,(H-,37,38)/p+1. The highest BCUT2D eigenvalue weighted by Gasteiger charge is 2.52. The summed E-state index contributed by atoms with van der Waals surface area (Å²) in [6.07, 6.45) is -25.4. The van der Waals surface area contributed by atoms with E-state index in [2.05, 4.69) is 0 Å². The minimum Gasteiger partial charge on any atom is -0.508 e. The van der Waals surface area contributed by atoms with Gasteiger partial charge in [-0.05, 0) is 24.3 Å². The monoisotopic (exact) mass is 757 g/mol. The Bertz CT molecular complexity index is 1690. The summed E-state index contributed by atoms with van der Waals surface area (Å²) in [4.78, 5) is 0. The molecule has 3 aromatic rings. The van der Waals surface area contributed by atoms with E-state index in [9.17, 15) is 66.4 Å². The Balaban J connectivity index is 1.37. The van der Waals surface area contributed by atoms with Gasteiger partial charge in [0.15, 0.2) is 12.4 Å². The Kier molecular flexibility index (Phi) is 11.9. The number of fused-ring (bicyclic) bond motifs is 1. The maximum absolute atomic E-state index is 11.1. The van der Waals surface area contributed by atoms with Crippen LogP contribution in [0.3, 0.4) is 0 Å². The van der Waals surface area contributed by atoms with E-state index in [0.29, 0.717) is 0 Å². The molecule has 15 unspecified atom stereocenters. The maximum Gasteiger partial charge on any atom is 0.402 e. The molecule has 20 heteroatoms. The van der Waals surface area contributed by atoms with E-state index in [1.54, 1.807) is 0 Å². The van der Waals surface area contributed by atoms with Crippen molar-refractivity contribution in [3.8, 4) is 34.3 Å². The van der Waals surface area contributed by atoms with Crippen LogP contribution in [-0.4, -0.2) is 178 Å². The van der Waals surface area contributed by atoms with Crippen LogP contribution in [0.25, 0.3) is 22.3 Å². The molecule has 0 bridgehead atoms. The Hall–Kier alpha value is -3.55. The van der Waals surface area contributed by atoms with Crippen molar-refractivity contribution >= 4 is 11.0 Å². The lowest BCUT2D eigenvalue weighted by molar-refractivity contribution is -0.357. The third-order valence-electron chi connectivity index (χ3n) is 9.24. The van der Waals surface area contributed by atoms with Crippen LogP contribution in [0.15, 0.2) is 46.9 Å². The first-order chi connectivity index (χ1) is 25.3. The fourth-order valence-corrected chi connectivity index (χ4v) is 6.20. The van der Waals surface area contributed by atoms with E-state index < -0.39 is 118 Å². The van der Waals surface area contributed by atoms with Gasteiger partial charge in [0.25, 0.3) is 0 Å². The van der Waals surface area contributed by atoms with Crippen molar-refractivity contribution in [3.05, 3.63) is 42.5 Å². The van der Waals surface area contributed by atoms with Gasteiger partial charge in [0, 0.05) is 12.1 Å². The molecule has 3 aliphatic heterocycles. The molecular weight excluding hydrogens is 716 g/mol. The topological polar surface area (TPSA) is 330 Å². The molecule has 1 aromatic heterocycles. The zero-order chi connectivity index (χ0) is 38.3. The molecular formula is C33H41O20+. The summed E-state index contributed by atoms with van der Waals surface area (Å²) in [6.45, 7) is -2.32. The van der Waals surface area contributed by atoms with Crippen LogP contribution in [0.5, 0.6) is 23.0 Å². The molecule has 3 saturated heterocycles. The minimum absolute atomic E-state index is 0.0230. The lowest BCUT2D eigenvalue weighted by Crippen LogP contribution is -2.65. The molecule has 4 heterocycles. The highest BCUT2D eigenvalue weighted by Crippen LogP contribution is 2.42. The summed E-state index contributed by atoms with van der Waals surface area (Å²) < 4.78 is 40.2. The minimum atomic E-state index is -1.92. The van der Waals surface area contributed by atoms with Gasteiger partial charge in [0.1, 0.15) is 89.8 Å². The Morgan fingerprint density at radius 2 is 1.09 bits per heavy atom. The summed E-state index contributed by atoms with van der Waals surface area (Å²) in [5.41, 5.74) is 0.198. The average molecular weight is 758 g/mol. The van der Waals surface area contributed by atoms with Crippen molar-refractivity contribution in [2.75, 3.05) is 19.8 Å². The van der Waals surface area contributed by atoms with Crippen molar-refractivity contribution in [1.82, 2.24) is 0 Å². The number of hydrogen-bond donors (Lipinski definition) is 13. The second-order valence-electron chi connectivity index (χ2n) is 12.8. The first-order valence-electron chi connectivity index (χ1n) is 16.4. The number of aliphatic hydroxyl groups excluding tert-OH is 11. The van der Waals surface area contributed by atoms with Gasteiger partial charge in [0.05, 0.1) is 31.5 Å². The van der Waals surface area contributed by atoms with Crippen LogP contribution in [0, 0.1) is 0 Å². The maximum atomic E-state index is 11.1. The summed E-state index contributed by atoms with van der Waals surface area (Å²) in [7, 11) is 0. The molecule has 0 radical (unpaired) electrons. The normalized spacial score (nSPS) is 37.8. The lowest BCUT2D eigenvalue weighted by atomic mass is 9.97. The number of phenols is 2. The largest absolute Gasteiger partial charge is 0.508 e. The molecule has 6 rings (SSSR count). The molecule has 13 N–H and O–H groups in total. The molecule has 0 saturated carbocycles. The molecule has 292 valence electrons. The first-order valence-corrected chi connectivity index (χ1v) is 16.4. The fourth-order valence-electron chi connectivity index (χ4n) is 6.20. The third kappa shape index (κ3) is 7.71. The summed E-state index contributed by atoms with van der Waals surface area (Å²) in [5.74, 6) is -1.07. The Morgan fingerprint density at radius 3 is 1.68 bits per heavy atom. The number of benzene rings is 2. The van der Waals surface area contributed by atoms with Crippen LogP contribution in [0.4, 0.5) is 0 Å². The smallest absolute Gasteiger partial charge is 0.402 e. The van der Waals surface area contributed by atoms with E-state index in [1.165, 1.54) is 36.4 Å². The first kappa shape index (κ1) is 39.2. The number of ether oxygens (including phenoxy) is 6. The molecule has 0 aliphatic carbocycles. The van der Waals surface area contributed by atoms with Gasteiger partial charge in [-0.25, -0.2) is 4.42 Å². The number of aliphatic hydroxyl groups is 11. The van der Waals surface area contributed by atoms with E-state index in [1.807, 2.05) is 0 Å². The number of rotatable bonds is 10. The van der Waals surface area contributed by atoms with Crippen molar-refractivity contribution in [2.45, 2.75) is 92.1 Å². The van der Waals surface area contributed by atoms with Gasteiger partial charge in [-0.3, -0.25) is 0 Å². The zero-order valence-electron chi connectivity index (χ0n) is 27.5. The second kappa shape index (κ2) is 16.0. The van der Waals surface area contributed by atoms with Crippen LogP contribution in [-0.2, 0) is 18.9 Å². The Labute approximate surface area is 299 Å². The number of phenolic OH excluding ortho intramolecular Hbond substituents is 2. The molecule has 15 atom stereocenters. The SMILES string of the molecule is OCC1OC(Oc2cc(O)c3cc(OC4OC(CO)C(O)C(O)C4OC4OC(CO)C(O)C(O)C4O)c(-c4ccc(O)cc4)[o+]c3c2)C(O)C(O)C1O. The molecule has 3 fully saturated rings. The molecule has 53 heavy (non-hydrogen) atoms. The van der Waals surface area contributed by atoms with E-state index in [-0.39, 0.29) is 39.5 Å². The molecule has 20 nitrogen and oxygen atoms in total. The van der Waals surface area contributed by atoms with E-state index >= 15 is 0 Å². The third-order valence-corrected chi connectivity index (χ3v) is 9.24. The van der Waals surface area contributed by atoms with E-state index in [4.69, 9.17) is 32.8 Å². The molecule has 0 amide bonds. The quantitative estimate of drug-likeness (QED) is 0.0876. The number of hydrogen-bond acceptors (Lipinski definition) is 19. The lowest BCUT2D eigenvalue weighted by Gasteiger charge is -2.45. The highest BCUT2D eigenvalue weighted by atomic mass is 16.8. The summed E-state index contributed by atoms with van der Waals surface area (Å²) in [5, 5.41) is 134. The number of aromatic hydroxyl groups is 2. The van der Waals surface area contributed by atoms with Gasteiger partial charge in [0.2, 0.25) is 18.3 Å². The van der Waals surface area contributed by atoms with Gasteiger partial charge >= 0.3 is 11.3 Å².